The van der Waals surface area contributed by atoms with E-state index in [0.717, 1.165) is 16.3 Å². The van der Waals surface area contributed by atoms with Crippen molar-refractivity contribution >= 4 is 16.6 Å². The number of Topliss-reactive ketones (excluding diaryl/α,β-unsaturated/α-hetero) is 1. The van der Waals surface area contributed by atoms with Crippen molar-refractivity contribution in [3.8, 4) is 0 Å². The summed E-state index contributed by atoms with van der Waals surface area (Å²) in [5.41, 5.74) is 1.31. The van der Waals surface area contributed by atoms with Crippen molar-refractivity contribution in [1.82, 2.24) is 5.32 Å². The lowest BCUT2D eigenvalue weighted by atomic mass is 10.00. The molecule has 0 unspecified atom stereocenters. The zero-order chi connectivity index (χ0) is 13.1. The number of ketones is 1. The summed E-state index contributed by atoms with van der Waals surface area (Å²) in [6.45, 7) is 0. The molecular weight excluding hydrogens is 234 g/mol. The number of carbonyl (C=O) groups excluding carboxylic acids is 1. The molecule has 2 heteroatoms. The van der Waals surface area contributed by atoms with Crippen LogP contribution in [0, 0.1) is 0 Å². The van der Waals surface area contributed by atoms with E-state index in [1.807, 2.05) is 60.7 Å². The maximum Gasteiger partial charge on any atom is 0.209 e. The van der Waals surface area contributed by atoms with Crippen LogP contribution in [0.15, 0.2) is 78.7 Å². The van der Waals surface area contributed by atoms with Gasteiger partial charge in [0.25, 0.3) is 0 Å². The number of rotatable bonds is 2. The molecule has 2 nitrogen and oxygen atoms in total. The van der Waals surface area contributed by atoms with E-state index >= 15 is 0 Å². The third-order valence-corrected chi connectivity index (χ3v) is 3.10. The van der Waals surface area contributed by atoms with Crippen molar-refractivity contribution < 1.29 is 4.79 Å². The number of fused-ring (bicyclic) bond motifs is 1. The van der Waals surface area contributed by atoms with E-state index in [-0.39, 0.29) is 5.78 Å². The van der Waals surface area contributed by atoms with Gasteiger partial charge in [-0.05, 0) is 22.9 Å². The first-order valence-corrected chi connectivity index (χ1v) is 6.19. The largest absolute Gasteiger partial charge is 0.359 e. The summed E-state index contributed by atoms with van der Waals surface area (Å²) in [6, 6.07) is 13.7. The summed E-state index contributed by atoms with van der Waals surface area (Å²) in [4.78, 5) is 12.6. The summed E-state index contributed by atoms with van der Waals surface area (Å²) in [6.07, 6.45) is 9.16. The van der Waals surface area contributed by atoms with Crippen LogP contribution >= 0.6 is 0 Å². The molecule has 2 aromatic carbocycles. The molecule has 0 amide bonds. The molecule has 1 aliphatic heterocycles. The first kappa shape index (κ1) is 11.5. The minimum absolute atomic E-state index is 0.00741. The topological polar surface area (TPSA) is 29.1 Å². The Labute approximate surface area is 111 Å². The van der Waals surface area contributed by atoms with Gasteiger partial charge in [0.1, 0.15) is 0 Å². The standard InChI is InChI=1S/C17H13NO/c19-17(16-11-2-1-5-12-18-16)15-10-6-8-13-7-3-4-9-14(13)15/h1-12,18H. The molecular formula is C17H13NO. The molecule has 0 atom stereocenters. The molecule has 0 aliphatic carbocycles. The molecule has 2 aromatic rings. The van der Waals surface area contributed by atoms with Gasteiger partial charge in [0.05, 0.1) is 5.70 Å². The summed E-state index contributed by atoms with van der Waals surface area (Å²) in [7, 11) is 0. The smallest absolute Gasteiger partial charge is 0.209 e. The Bertz CT molecular complexity index is 718. The number of allylic oxidation sites excluding steroid dienone is 5. The Morgan fingerprint density at radius 1 is 0.895 bits per heavy atom. The van der Waals surface area contributed by atoms with E-state index in [0.29, 0.717) is 5.70 Å². The second-order valence-corrected chi connectivity index (χ2v) is 4.32. The highest BCUT2D eigenvalue weighted by molar-refractivity contribution is 6.16. The van der Waals surface area contributed by atoms with Crippen molar-refractivity contribution in [2.45, 2.75) is 0 Å². The molecule has 0 saturated heterocycles. The summed E-state index contributed by atoms with van der Waals surface area (Å²) in [5.74, 6) is 0.00741. The van der Waals surface area contributed by atoms with Crippen LogP contribution in [-0.2, 0) is 0 Å². The third kappa shape index (κ3) is 2.20. The lowest BCUT2D eigenvalue weighted by molar-refractivity contribution is 0.103. The van der Waals surface area contributed by atoms with Crippen LogP contribution < -0.4 is 5.32 Å². The highest BCUT2D eigenvalue weighted by Crippen LogP contribution is 2.20. The van der Waals surface area contributed by atoms with E-state index in [4.69, 9.17) is 0 Å². The fraction of sp³-hybridized carbons (Fsp3) is 0. The Morgan fingerprint density at radius 2 is 1.74 bits per heavy atom. The molecule has 92 valence electrons. The Morgan fingerprint density at radius 3 is 2.68 bits per heavy atom. The van der Waals surface area contributed by atoms with Crippen LogP contribution in [0.4, 0.5) is 0 Å². The van der Waals surface area contributed by atoms with Crippen LogP contribution in [0.2, 0.25) is 0 Å². The first-order valence-electron chi connectivity index (χ1n) is 6.19. The number of hydrogen-bond acceptors (Lipinski definition) is 2. The molecule has 0 fully saturated rings. The maximum atomic E-state index is 12.6. The van der Waals surface area contributed by atoms with Crippen molar-refractivity contribution in [3.05, 3.63) is 84.2 Å². The van der Waals surface area contributed by atoms with Gasteiger partial charge >= 0.3 is 0 Å². The van der Waals surface area contributed by atoms with Gasteiger partial charge in [0, 0.05) is 11.8 Å². The molecule has 3 rings (SSSR count). The van der Waals surface area contributed by atoms with Gasteiger partial charge in [0.2, 0.25) is 5.78 Å². The van der Waals surface area contributed by atoms with E-state index in [9.17, 15) is 4.79 Å². The van der Waals surface area contributed by atoms with Crippen molar-refractivity contribution in [1.29, 1.82) is 0 Å². The van der Waals surface area contributed by atoms with Gasteiger partial charge in [-0.2, -0.15) is 0 Å². The molecule has 1 aliphatic rings. The molecule has 0 spiro atoms. The number of benzene rings is 2. The van der Waals surface area contributed by atoms with Crippen LogP contribution in [0.3, 0.4) is 0 Å². The number of carbonyl (C=O) groups is 1. The van der Waals surface area contributed by atoms with E-state index in [1.54, 1.807) is 12.3 Å². The first-order chi connectivity index (χ1) is 9.36. The van der Waals surface area contributed by atoms with Crippen LogP contribution in [0.5, 0.6) is 0 Å². The van der Waals surface area contributed by atoms with E-state index in [1.165, 1.54) is 0 Å². The van der Waals surface area contributed by atoms with Gasteiger partial charge in [-0.3, -0.25) is 4.79 Å². The molecule has 1 heterocycles. The second kappa shape index (κ2) is 4.94. The molecule has 0 radical (unpaired) electrons. The lowest BCUT2D eigenvalue weighted by Crippen LogP contribution is -2.15. The Kier molecular flexibility index (Phi) is 2.99. The van der Waals surface area contributed by atoms with Crippen molar-refractivity contribution in [3.63, 3.8) is 0 Å². The third-order valence-electron chi connectivity index (χ3n) is 3.10. The fourth-order valence-corrected chi connectivity index (χ4v) is 2.17. The summed E-state index contributed by atoms with van der Waals surface area (Å²) < 4.78 is 0. The van der Waals surface area contributed by atoms with Crippen molar-refractivity contribution in [2.75, 3.05) is 0 Å². The Balaban J connectivity index is 2.09. The number of nitrogens with one attached hydrogen (secondary N) is 1. The van der Waals surface area contributed by atoms with E-state index < -0.39 is 0 Å². The molecule has 0 saturated carbocycles. The quantitative estimate of drug-likeness (QED) is 0.822. The predicted octanol–water partition coefficient (Wildman–Crippen LogP) is 3.58. The monoisotopic (exact) mass is 247 g/mol. The van der Waals surface area contributed by atoms with Gasteiger partial charge in [-0.15, -0.1) is 0 Å². The van der Waals surface area contributed by atoms with Crippen LogP contribution in [-0.4, -0.2) is 5.78 Å². The number of hydrogen-bond donors (Lipinski definition) is 1. The average Bonchev–Trinajstić information content (AvgIpc) is 2.75. The SMILES string of the molecule is O=C(C1=CC=CC=CN1)c1cccc2ccccc12. The van der Waals surface area contributed by atoms with Gasteiger partial charge in [0.15, 0.2) is 0 Å². The van der Waals surface area contributed by atoms with Gasteiger partial charge < -0.3 is 5.32 Å². The average molecular weight is 247 g/mol. The molecule has 1 N–H and O–H groups in total. The predicted molar refractivity (Wildman–Crippen MR) is 77.8 cm³/mol. The van der Waals surface area contributed by atoms with Crippen LogP contribution in [0.1, 0.15) is 10.4 Å². The summed E-state index contributed by atoms with van der Waals surface area (Å²) in [5, 5.41) is 5.07. The van der Waals surface area contributed by atoms with Crippen LogP contribution in [0.25, 0.3) is 10.8 Å². The van der Waals surface area contributed by atoms with E-state index in [2.05, 4.69) is 5.32 Å². The maximum absolute atomic E-state index is 12.6. The molecule has 0 aromatic heterocycles. The molecule has 0 bridgehead atoms. The fourth-order valence-electron chi connectivity index (χ4n) is 2.17. The normalized spacial score (nSPS) is 13.8. The minimum atomic E-state index is 0.00741. The Hall–Kier alpha value is -2.61. The van der Waals surface area contributed by atoms with Gasteiger partial charge in [-0.1, -0.05) is 54.6 Å². The highest BCUT2D eigenvalue weighted by atomic mass is 16.1. The summed E-state index contributed by atoms with van der Waals surface area (Å²) >= 11 is 0. The lowest BCUT2D eigenvalue weighted by Gasteiger charge is -2.08. The van der Waals surface area contributed by atoms with Gasteiger partial charge in [-0.25, -0.2) is 0 Å². The minimum Gasteiger partial charge on any atom is -0.359 e. The zero-order valence-corrected chi connectivity index (χ0v) is 10.3. The molecule has 19 heavy (non-hydrogen) atoms. The second-order valence-electron chi connectivity index (χ2n) is 4.32. The van der Waals surface area contributed by atoms with Crippen molar-refractivity contribution in [2.24, 2.45) is 0 Å². The highest BCUT2D eigenvalue weighted by Gasteiger charge is 2.13. The zero-order valence-electron chi connectivity index (χ0n) is 10.3.